The van der Waals surface area contributed by atoms with Crippen LogP contribution >= 0.6 is 0 Å². The lowest BCUT2D eigenvalue weighted by atomic mass is 9.90. The molecule has 0 radical (unpaired) electrons. The second kappa shape index (κ2) is 7.35. The van der Waals surface area contributed by atoms with E-state index in [1.54, 1.807) is 12.7 Å². The van der Waals surface area contributed by atoms with E-state index >= 15 is 0 Å². The number of carbonyl (C=O) groups is 1. The largest absolute Gasteiger partial charge is 0.332 e. The summed E-state index contributed by atoms with van der Waals surface area (Å²) in [5.41, 5.74) is 5.53. The summed E-state index contributed by atoms with van der Waals surface area (Å²) < 4.78 is 1.83. The smallest absolute Gasteiger partial charge is 0.254 e. The predicted octanol–water partition coefficient (Wildman–Crippen LogP) is 4.25. The van der Waals surface area contributed by atoms with E-state index in [1.807, 2.05) is 28.8 Å². The van der Waals surface area contributed by atoms with E-state index in [-0.39, 0.29) is 11.9 Å². The first-order chi connectivity index (χ1) is 13.1. The molecule has 3 aromatic rings. The Balaban J connectivity index is 1.62. The monoisotopic (exact) mass is 360 g/mol. The standard InChI is InChI=1S/C22H24N4O/c1-16-6-5-7-20(17(16)2)21-8-3-4-13-26(21)22(27)18-9-11-19(12-10-18)25-14-23-24-15-25/h5-7,9-12,14-15,21H,3-4,8,13H2,1-2H3. The summed E-state index contributed by atoms with van der Waals surface area (Å²) in [4.78, 5) is 15.3. The fourth-order valence-corrected chi connectivity index (χ4v) is 3.91. The molecule has 2 aromatic carbocycles. The normalized spacial score (nSPS) is 17.1. The van der Waals surface area contributed by atoms with E-state index in [9.17, 15) is 4.79 Å². The molecule has 1 atom stereocenters. The molecule has 1 amide bonds. The third-order valence-corrected chi connectivity index (χ3v) is 5.60. The van der Waals surface area contributed by atoms with Crippen molar-refractivity contribution in [1.82, 2.24) is 19.7 Å². The molecule has 1 saturated heterocycles. The number of piperidine rings is 1. The highest BCUT2D eigenvalue weighted by Crippen LogP contribution is 2.34. The fraction of sp³-hybridized carbons (Fsp3) is 0.318. The van der Waals surface area contributed by atoms with Crippen molar-refractivity contribution in [3.63, 3.8) is 0 Å². The molecular weight excluding hydrogens is 336 g/mol. The number of likely N-dealkylation sites (tertiary alicyclic amines) is 1. The zero-order chi connectivity index (χ0) is 18.8. The number of aromatic nitrogens is 3. The lowest BCUT2D eigenvalue weighted by Gasteiger charge is -2.37. The van der Waals surface area contributed by atoms with Crippen LogP contribution in [0.25, 0.3) is 5.69 Å². The van der Waals surface area contributed by atoms with Crippen molar-refractivity contribution in [3.8, 4) is 5.69 Å². The Morgan fingerprint density at radius 2 is 1.74 bits per heavy atom. The summed E-state index contributed by atoms with van der Waals surface area (Å²) in [6, 6.07) is 14.2. The minimum absolute atomic E-state index is 0.107. The fourth-order valence-electron chi connectivity index (χ4n) is 3.91. The molecule has 1 aromatic heterocycles. The molecule has 0 saturated carbocycles. The molecule has 4 rings (SSSR count). The number of benzene rings is 2. The van der Waals surface area contributed by atoms with E-state index in [2.05, 4.69) is 47.1 Å². The van der Waals surface area contributed by atoms with Gasteiger partial charge in [-0.1, -0.05) is 18.2 Å². The topological polar surface area (TPSA) is 51.0 Å². The number of aryl methyl sites for hydroxylation is 1. The van der Waals surface area contributed by atoms with Gasteiger partial charge in [0.15, 0.2) is 0 Å². The van der Waals surface area contributed by atoms with Crippen molar-refractivity contribution in [3.05, 3.63) is 77.4 Å². The summed E-state index contributed by atoms with van der Waals surface area (Å²) in [6.45, 7) is 5.11. The number of hydrogen-bond acceptors (Lipinski definition) is 3. The molecule has 1 fully saturated rings. The maximum Gasteiger partial charge on any atom is 0.254 e. The van der Waals surface area contributed by atoms with Crippen LogP contribution in [0.1, 0.15) is 52.4 Å². The van der Waals surface area contributed by atoms with E-state index in [4.69, 9.17) is 0 Å². The summed E-state index contributed by atoms with van der Waals surface area (Å²) in [5.74, 6) is 0.107. The summed E-state index contributed by atoms with van der Waals surface area (Å²) in [6.07, 6.45) is 6.55. The highest BCUT2D eigenvalue weighted by atomic mass is 16.2. The van der Waals surface area contributed by atoms with Gasteiger partial charge in [-0.15, -0.1) is 10.2 Å². The van der Waals surface area contributed by atoms with E-state index in [0.717, 1.165) is 37.1 Å². The van der Waals surface area contributed by atoms with Gasteiger partial charge < -0.3 is 4.90 Å². The van der Waals surface area contributed by atoms with Crippen LogP contribution in [0.3, 0.4) is 0 Å². The van der Waals surface area contributed by atoms with Crippen LogP contribution in [-0.4, -0.2) is 32.1 Å². The second-order valence-electron chi connectivity index (χ2n) is 7.22. The maximum absolute atomic E-state index is 13.3. The summed E-state index contributed by atoms with van der Waals surface area (Å²) >= 11 is 0. The van der Waals surface area contributed by atoms with Gasteiger partial charge in [0.05, 0.1) is 6.04 Å². The number of carbonyl (C=O) groups excluding carboxylic acids is 1. The van der Waals surface area contributed by atoms with Gasteiger partial charge in [-0.2, -0.15) is 0 Å². The van der Waals surface area contributed by atoms with Crippen molar-refractivity contribution in [1.29, 1.82) is 0 Å². The average Bonchev–Trinajstić information content (AvgIpc) is 3.25. The van der Waals surface area contributed by atoms with Crippen molar-refractivity contribution in [2.75, 3.05) is 6.54 Å². The maximum atomic E-state index is 13.3. The number of amides is 1. The van der Waals surface area contributed by atoms with Crippen molar-refractivity contribution in [2.24, 2.45) is 0 Å². The number of nitrogens with zero attached hydrogens (tertiary/aromatic N) is 4. The molecule has 0 bridgehead atoms. The minimum atomic E-state index is 0.107. The van der Waals surface area contributed by atoms with E-state index in [0.29, 0.717) is 0 Å². The molecule has 5 nitrogen and oxygen atoms in total. The van der Waals surface area contributed by atoms with Crippen LogP contribution in [-0.2, 0) is 0 Å². The molecule has 1 aliphatic heterocycles. The highest BCUT2D eigenvalue weighted by molar-refractivity contribution is 5.94. The number of hydrogen-bond donors (Lipinski definition) is 0. The van der Waals surface area contributed by atoms with Crippen LogP contribution in [0.5, 0.6) is 0 Å². The van der Waals surface area contributed by atoms with Gasteiger partial charge in [-0.25, -0.2) is 0 Å². The van der Waals surface area contributed by atoms with Crippen molar-refractivity contribution >= 4 is 5.91 Å². The van der Waals surface area contributed by atoms with Crippen LogP contribution in [0.15, 0.2) is 55.1 Å². The summed E-state index contributed by atoms with van der Waals surface area (Å²) in [5, 5.41) is 7.65. The van der Waals surface area contributed by atoms with Gasteiger partial charge >= 0.3 is 0 Å². The molecule has 0 spiro atoms. The Labute approximate surface area is 159 Å². The Kier molecular flexibility index (Phi) is 4.75. The first kappa shape index (κ1) is 17.5. The molecule has 27 heavy (non-hydrogen) atoms. The molecule has 0 aliphatic carbocycles. The zero-order valence-corrected chi connectivity index (χ0v) is 15.8. The third-order valence-electron chi connectivity index (χ3n) is 5.60. The van der Waals surface area contributed by atoms with Crippen LogP contribution in [0.2, 0.25) is 0 Å². The zero-order valence-electron chi connectivity index (χ0n) is 15.8. The van der Waals surface area contributed by atoms with Gasteiger partial charge in [0.25, 0.3) is 5.91 Å². The van der Waals surface area contributed by atoms with Gasteiger partial charge in [0, 0.05) is 17.8 Å². The lowest BCUT2D eigenvalue weighted by Crippen LogP contribution is -2.38. The van der Waals surface area contributed by atoms with Crippen molar-refractivity contribution in [2.45, 2.75) is 39.2 Å². The molecule has 1 unspecified atom stereocenters. The summed E-state index contributed by atoms with van der Waals surface area (Å²) in [7, 11) is 0. The SMILES string of the molecule is Cc1cccc(C2CCCCN2C(=O)c2ccc(-n3cnnc3)cc2)c1C. The van der Waals surface area contributed by atoms with Gasteiger partial charge in [-0.05, 0) is 74.1 Å². The molecule has 0 N–H and O–H groups in total. The molecule has 1 aliphatic rings. The first-order valence-corrected chi connectivity index (χ1v) is 9.47. The Bertz CT molecular complexity index is 931. The van der Waals surface area contributed by atoms with Gasteiger partial charge in [0.2, 0.25) is 0 Å². The van der Waals surface area contributed by atoms with Gasteiger partial charge in [0.1, 0.15) is 12.7 Å². The van der Waals surface area contributed by atoms with Crippen LogP contribution < -0.4 is 0 Å². The van der Waals surface area contributed by atoms with Gasteiger partial charge in [-0.3, -0.25) is 9.36 Å². The van der Waals surface area contributed by atoms with E-state index < -0.39 is 0 Å². The number of rotatable bonds is 3. The Morgan fingerprint density at radius 3 is 2.48 bits per heavy atom. The Hall–Kier alpha value is -2.95. The average molecular weight is 360 g/mol. The first-order valence-electron chi connectivity index (χ1n) is 9.47. The van der Waals surface area contributed by atoms with Crippen molar-refractivity contribution < 1.29 is 4.79 Å². The van der Waals surface area contributed by atoms with Crippen LogP contribution in [0, 0.1) is 13.8 Å². The third kappa shape index (κ3) is 3.37. The lowest BCUT2D eigenvalue weighted by molar-refractivity contribution is 0.0611. The molecule has 138 valence electrons. The Morgan fingerprint density at radius 1 is 1.00 bits per heavy atom. The van der Waals surface area contributed by atoms with Crippen LogP contribution in [0.4, 0.5) is 0 Å². The molecule has 5 heteroatoms. The minimum Gasteiger partial charge on any atom is -0.332 e. The van der Waals surface area contributed by atoms with E-state index in [1.165, 1.54) is 16.7 Å². The highest BCUT2D eigenvalue weighted by Gasteiger charge is 2.29. The second-order valence-corrected chi connectivity index (χ2v) is 7.22. The quantitative estimate of drug-likeness (QED) is 0.701. The molecule has 2 heterocycles. The predicted molar refractivity (Wildman–Crippen MR) is 105 cm³/mol. The molecular formula is C22H24N4O.